The summed E-state index contributed by atoms with van der Waals surface area (Å²) in [7, 11) is -4.00. The summed E-state index contributed by atoms with van der Waals surface area (Å²) in [6.45, 7) is 4.40. The number of hydrogen-bond acceptors (Lipinski definition) is 7. The quantitative estimate of drug-likeness (QED) is 0.503. The van der Waals surface area contributed by atoms with E-state index in [-0.39, 0.29) is 28.7 Å². The number of carbonyl (C=O) groups excluding carboxylic acids is 1. The number of nitrogens with one attached hydrogen (secondary N) is 2. The topological polar surface area (TPSA) is 131 Å². The van der Waals surface area contributed by atoms with E-state index in [9.17, 15) is 23.3 Å². The normalized spacial score (nSPS) is 14.8. The zero-order chi connectivity index (χ0) is 21.7. The number of carbonyl (C=O) groups is 1. The van der Waals surface area contributed by atoms with Gasteiger partial charge in [0.05, 0.1) is 29.6 Å². The van der Waals surface area contributed by atoms with Crippen LogP contribution in [0.3, 0.4) is 0 Å². The minimum atomic E-state index is -4.00. The van der Waals surface area contributed by atoms with Crippen LogP contribution in [0.1, 0.15) is 5.56 Å². The fraction of sp³-hybridized carbons (Fsp3) is 0.316. The van der Waals surface area contributed by atoms with Crippen molar-refractivity contribution in [3.05, 3.63) is 58.1 Å². The fourth-order valence-corrected chi connectivity index (χ4v) is 4.03. The molecule has 2 aromatic rings. The number of benzene rings is 2. The lowest BCUT2D eigenvalue weighted by Crippen LogP contribution is -2.41. The van der Waals surface area contributed by atoms with Crippen molar-refractivity contribution in [3.8, 4) is 0 Å². The standard InChI is InChI=1S/C19H22N4O6S/c1-14-2-7-17(12-18(14)23(25)26)30(27,28)21-16-5-3-15(4-6-16)20-19(24)13-22-8-10-29-11-9-22/h2-7,12,21H,8-11,13H2,1H3,(H,20,24). The lowest BCUT2D eigenvalue weighted by molar-refractivity contribution is -0.385. The minimum Gasteiger partial charge on any atom is -0.379 e. The molecule has 1 amide bonds. The number of ether oxygens (including phenoxy) is 1. The maximum Gasteiger partial charge on any atom is 0.273 e. The van der Waals surface area contributed by atoms with Crippen LogP contribution in [0.2, 0.25) is 0 Å². The van der Waals surface area contributed by atoms with Crippen LogP contribution >= 0.6 is 0 Å². The van der Waals surface area contributed by atoms with Gasteiger partial charge < -0.3 is 10.1 Å². The van der Waals surface area contributed by atoms with Gasteiger partial charge in [-0.1, -0.05) is 6.07 Å². The average Bonchev–Trinajstić information content (AvgIpc) is 2.70. The Morgan fingerprint density at radius 1 is 1.13 bits per heavy atom. The maximum atomic E-state index is 12.6. The third-order valence-electron chi connectivity index (χ3n) is 4.58. The van der Waals surface area contributed by atoms with Crippen molar-refractivity contribution in [2.24, 2.45) is 0 Å². The number of rotatable bonds is 7. The molecule has 160 valence electrons. The smallest absolute Gasteiger partial charge is 0.273 e. The highest BCUT2D eigenvalue weighted by Gasteiger charge is 2.20. The van der Waals surface area contributed by atoms with Gasteiger partial charge in [0, 0.05) is 36.1 Å². The van der Waals surface area contributed by atoms with Crippen LogP contribution in [-0.4, -0.2) is 57.0 Å². The summed E-state index contributed by atoms with van der Waals surface area (Å²) in [6, 6.07) is 9.89. The van der Waals surface area contributed by atoms with Gasteiger partial charge in [-0.25, -0.2) is 8.42 Å². The number of anilines is 2. The lowest BCUT2D eigenvalue weighted by atomic mass is 10.2. The molecule has 10 nitrogen and oxygen atoms in total. The molecule has 1 aliphatic rings. The van der Waals surface area contributed by atoms with E-state index in [0.29, 0.717) is 37.6 Å². The van der Waals surface area contributed by atoms with E-state index in [1.807, 2.05) is 4.90 Å². The molecule has 0 atom stereocenters. The van der Waals surface area contributed by atoms with Crippen molar-refractivity contribution in [1.29, 1.82) is 0 Å². The Labute approximate surface area is 174 Å². The van der Waals surface area contributed by atoms with Crippen molar-refractivity contribution < 1.29 is 22.9 Å². The maximum absolute atomic E-state index is 12.6. The van der Waals surface area contributed by atoms with Crippen molar-refractivity contribution in [1.82, 2.24) is 4.90 Å². The molecule has 2 aromatic carbocycles. The van der Waals surface area contributed by atoms with Gasteiger partial charge in [-0.2, -0.15) is 0 Å². The molecule has 0 bridgehead atoms. The largest absolute Gasteiger partial charge is 0.379 e. The number of sulfonamides is 1. The molecule has 1 fully saturated rings. The lowest BCUT2D eigenvalue weighted by Gasteiger charge is -2.25. The first-order chi connectivity index (χ1) is 14.2. The zero-order valence-electron chi connectivity index (χ0n) is 16.3. The van der Waals surface area contributed by atoms with Gasteiger partial charge in [0.25, 0.3) is 15.7 Å². The highest BCUT2D eigenvalue weighted by atomic mass is 32.2. The van der Waals surface area contributed by atoms with Crippen molar-refractivity contribution in [2.45, 2.75) is 11.8 Å². The molecule has 0 unspecified atom stereocenters. The second-order valence-electron chi connectivity index (χ2n) is 6.82. The number of morpholine rings is 1. The number of nitro benzene ring substituents is 1. The van der Waals surface area contributed by atoms with Crippen LogP contribution in [0.25, 0.3) is 0 Å². The molecule has 1 aliphatic heterocycles. The number of nitrogens with zero attached hydrogens (tertiary/aromatic N) is 2. The van der Waals surface area contributed by atoms with Crippen LogP contribution in [0.15, 0.2) is 47.4 Å². The second-order valence-corrected chi connectivity index (χ2v) is 8.51. The Hall–Kier alpha value is -3.02. The Morgan fingerprint density at radius 2 is 1.77 bits per heavy atom. The minimum absolute atomic E-state index is 0.169. The SMILES string of the molecule is Cc1ccc(S(=O)(=O)Nc2ccc(NC(=O)CN3CCOCC3)cc2)cc1[N+](=O)[O-]. The fourth-order valence-electron chi connectivity index (χ4n) is 2.95. The molecule has 11 heteroatoms. The third kappa shape index (κ3) is 5.53. The molecule has 0 saturated carbocycles. The van der Waals surface area contributed by atoms with Gasteiger partial charge in [0.2, 0.25) is 5.91 Å². The van der Waals surface area contributed by atoms with Crippen molar-refractivity contribution in [2.75, 3.05) is 42.9 Å². The summed E-state index contributed by atoms with van der Waals surface area (Å²) in [5, 5.41) is 13.8. The van der Waals surface area contributed by atoms with Gasteiger partial charge in [-0.05, 0) is 37.3 Å². The van der Waals surface area contributed by atoms with E-state index < -0.39 is 14.9 Å². The summed E-state index contributed by atoms with van der Waals surface area (Å²) in [5.74, 6) is -0.169. The number of aryl methyl sites for hydroxylation is 1. The number of amides is 1. The molecule has 0 spiro atoms. The first-order valence-corrected chi connectivity index (χ1v) is 10.7. The Balaban J connectivity index is 1.64. The van der Waals surface area contributed by atoms with E-state index in [1.165, 1.54) is 31.2 Å². The van der Waals surface area contributed by atoms with Crippen molar-refractivity contribution >= 4 is 33.0 Å². The van der Waals surface area contributed by atoms with Crippen LogP contribution in [0.5, 0.6) is 0 Å². The molecular weight excluding hydrogens is 412 g/mol. The summed E-state index contributed by atoms with van der Waals surface area (Å²) in [6.07, 6.45) is 0. The van der Waals surface area contributed by atoms with Gasteiger partial charge in [0.15, 0.2) is 0 Å². The summed E-state index contributed by atoms with van der Waals surface area (Å²) in [4.78, 5) is 24.4. The molecule has 0 aliphatic carbocycles. The monoisotopic (exact) mass is 434 g/mol. The van der Waals surface area contributed by atoms with E-state index in [0.717, 1.165) is 6.07 Å². The highest BCUT2D eigenvalue weighted by molar-refractivity contribution is 7.92. The summed E-state index contributed by atoms with van der Waals surface area (Å²) >= 11 is 0. The Kier molecular flexibility index (Phi) is 6.65. The van der Waals surface area contributed by atoms with Crippen molar-refractivity contribution in [3.63, 3.8) is 0 Å². The molecule has 30 heavy (non-hydrogen) atoms. The van der Waals surface area contributed by atoms with Crippen LogP contribution in [0.4, 0.5) is 17.1 Å². The molecule has 1 heterocycles. The van der Waals surface area contributed by atoms with Crippen LogP contribution in [0, 0.1) is 17.0 Å². The molecule has 0 radical (unpaired) electrons. The first kappa shape index (κ1) is 21.7. The zero-order valence-corrected chi connectivity index (χ0v) is 17.1. The van der Waals surface area contributed by atoms with Gasteiger partial charge in [-0.3, -0.25) is 24.5 Å². The van der Waals surface area contributed by atoms with E-state index in [2.05, 4.69) is 10.0 Å². The van der Waals surface area contributed by atoms with E-state index in [1.54, 1.807) is 12.1 Å². The summed E-state index contributed by atoms with van der Waals surface area (Å²) in [5.41, 5.74) is 0.902. The highest BCUT2D eigenvalue weighted by Crippen LogP contribution is 2.24. The molecular formula is C19H22N4O6S. The predicted molar refractivity (Wildman–Crippen MR) is 111 cm³/mol. The van der Waals surface area contributed by atoms with Gasteiger partial charge in [-0.15, -0.1) is 0 Å². The predicted octanol–water partition coefficient (Wildman–Crippen LogP) is 1.97. The van der Waals surface area contributed by atoms with Gasteiger partial charge >= 0.3 is 0 Å². The second kappa shape index (κ2) is 9.20. The van der Waals surface area contributed by atoms with Crippen LogP contribution in [-0.2, 0) is 19.6 Å². The Morgan fingerprint density at radius 3 is 2.40 bits per heavy atom. The van der Waals surface area contributed by atoms with Gasteiger partial charge in [0.1, 0.15) is 0 Å². The first-order valence-electron chi connectivity index (χ1n) is 9.22. The number of hydrogen-bond donors (Lipinski definition) is 2. The van der Waals surface area contributed by atoms with E-state index in [4.69, 9.17) is 4.74 Å². The number of nitro groups is 1. The summed E-state index contributed by atoms with van der Waals surface area (Å²) < 4.78 is 32.7. The third-order valence-corrected chi connectivity index (χ3v) is 5.96. The molecule has 1 saturated heterocycles. The van der Waals surface area contributed by atoms with Crippen LogP contribution < -0.4 is 10.0 Å². The molecule has 2 N–H and O–H groups in total. The average molecular weight is 434 g/mol. The molecule has 0 aromatic heterocycles. The van der Waals surface area contributed by atoms with E-state index >= 15 is 0 Å². The Bertz CT molecular complexity index is 1030. The molecule has 3 rings (SSSR count).